The van der Waals surface area contributed by atoms with Crippen molar-refractivity contribution in [2.75, 3.05) is 6.61 Å². The highest BCUT2D eigenvalue weighted by atomic mass is 16.5. The Bertz CT molecular complexity index is 1040. The molecule has 0 aliphatic rings. The molecule has 162 valence electrons. The Kier molecular flexibility index (Phi) is 7.02. The molecule has 2 N–H and O–H groups in total. The van der Waals surface area contributed by atoms with Crippen LogP contribution < -0.4 is 10.5 Å². The molecule has 6 heteroatoms. The third kappa shape index (κ3) is 5.89. The van der Waals surface area contributed by atoms with Crippen molar-refractivity contribution in [2.24, 2.45) is 11.7 Å². The van der Waals surface area contributed by atoms with Crippen LogP contribution in [-0.2, 0) is 12.1 Å². The van der Waals surface area contributed by atoms with E-state index in [-0.39, 0.29) is 12.4 Å². The average Bonchev–Trinajstić information content (AvgIpc) is 3.23. The lowest BCUT2D eigenvalue weighted by Gasteiger charge is -2.31. The maximum absolute atomic E-state index is 12.2. The van der Waals surface area contributed by atoms with E-state index in [4.69, 9.17) is 10.5 Å². The van der Waals surface area contributed by atoms with Crippen LogP contribution in [0.5, 0.6) is 5.75 Å². The molecule has 31 heavy (non-hydrogen) atoms. The van der Waals surface area contributed by atoms with Gasteiger partial charge < -0.3 is 10.5 Å². The van der Waals surface area contributed by atoms with E-state index in [0.29, 0.717) is 23.8 Å². The number of rotatable bonds is 9. The van der Waals surface area contributed by atoms with Gasteiger partial charge in [-0.3, -0.25) is 9.48 Å². The zero-order chi connectivity index (χ0) is 22.4. The normalized spacial score (nSPS) is 13.5. The highest BCUT2D eigenvalue weighted by Gasteiger charge is 2.31. The number of nitrogens with two attached hydrogens (primary N) is 1. The number of allylic oxidation sites excluding steroid dienone is 2. The molecule has 0 fully saturated rings. The predicted octanol–water partition coefficient (Wildman–Crippen LogP) is 4.22. The Morgan fingerprint density at radius 1 is 1.19 bits per heavy atom. The van der Waals surface area contributed by atoms with E-state index in [0.717, 1.165) is 11.1 Å². The summed E-state index contributed by atoms with van der Waals surface area (Å²) in [6, 6.07) is 13.4. The van der Waals surface area contributed by atoms with Gasteiger partial charge in [0.15, 0.2) is 5.78 Å². The molecule has 2 aromatic carbocycles. The van der Waals surface area contributed by atoms with Crippen LogP contribution in [0.3, 0.4) is 0 Å². The fraction of sp³-hybridized carbons (Fsp3) is 0.320. The van der Waals surface area contributed by atoms with Crippen molar-refractivity contribution in [1.29, 1.82) is 0 Å². The van der Waals surface area contributed by atoms with Crippen LogP contribution in [0, 0.1) is 19.8 Å². The van der Waals surface area contributed by atoms with Gasteiger partial charge in [0.2, 0.25) is 0 Å². The summed E-state index contributed by atoms with van der Waals surface area (Å²) in [5, 5.41) is 4.22. The number of carbonyl (C=O) groups excluding carboxylic acids is 1. The van der Waals surface area contributed by atoms with Crippen LogP contribution in [0.4, 0.5) is 0 Å². The van der Waals surface area contributed by atoms with Gasteiger partial charge in [-0.25, -0.2) is 4.98 Å². The van der Waals surface area contributed by atoms with Crippen molar-refractivity contribution < 1.29 is 9.53 Å². The zero-order valence-electron chi connectivity index (χ0n) is 18.6. The number of ketones is 1. The first-order valence-corrected chi connectivity index (χ1v) is 10.4. The van der Waals surface area contributed by atoms with Crippen molar-refractivity contribution in [3.63, 3.8) is 0 Å². The number of nitrogens with zero attached hydrogens (tertiary/aromatic N) is 3. The zero-order valence-corrected chi connectivity index (χ0v) is 18.6. The molecule has 1 atom stereocenters. The first kappa shape index (κ1) is 22.4. The second kappa shape index (κ2) is 9.71. The molecule has 0 saturated heterocycles. The molecule has 0 saturated carbocycles. The van der Waals surface area contributed by atoms with Crippen LogP contribution in [0.2, 0.25) is 0 Å². The third-order valence-corrected chi connectivity index (χ3v) is 5.10. The molecule has 3 aromatic rings. The van der Waals surface area contributed by atoms with Crippen molar-refractivity contribution >= 4 is 5.78 Å². The van der Waals surface area contributed by atoms with E-state index in [1.807, 2.05) is 26.0 Å². The summed E-state index contributed by atoms with van der Waals surface area (Å²) in [6.45, 7) is 8.85. The molecule has 0 aliphatic heterocycles. The number of benzene rings is 2. The van der Waals surface area contributed by atoms with E-state index in [1.165, 1.54) is 11.9 Å². The summed E-state index contributed by atoms with van der Waals surface area (Å²) in [6.07, 6.45) is 6.65. The number of aromatic nitrogens is 3. The molecular formula is C25H30N4O2. The van der Waals surface area contributed by atoms with Crippen LogP contribution in [0.1, 0.15) is 40.9 Å². The molecular weight excluding hydrogens is 388 g/mol. The summed E-state index contributed by atoms with van der Waals surface area (Å²) in [5.41, 5.74) is 9.98. The van der Waals surface area contributed by atoms with Gasteiger partial charge in [-0.2, -0.15) is 5.10 Å². The molecule has 0 spiro atoms. The fourth-order valence-electron chi connectivity index (χ4n) is 3.49. The van der Waals surface area contributed by atoms with Crippen molar-refractivity contribution in [3.8, 4) is 5.75 Å². The minimum absolute atomic E-state index is 0.0186. The van der Waals surface area contributed by atoms with E-state index in [9.17, 15) is 4.79 Å². The summed E-state index contributed by atoms with van der Waals surface area (Å²) in [7, 11) is 0. The Labute approximate surface area is 183 Å². The van der Waals surface area contributed by atoms with Gasteiger partial charge in [0.1, 0.15) is 25.0 Å². The summed E-state index contributed by atoms with van der Waals surface area (Å²) in [4.78, 5) is 16.3. The molecule has 1 heterocycles. The largest absolute Gasteiger partial charge is 0.491 e. The van der Waals surface area contributed by atoms with Gasteiger partial charge in [0, 0.05) is 5.56 Å². The lowest BCUT2D eigenvalue weighted by Crippen LogP contribution is -2.47. The maximum Gasteiger partial charge on any atom is 0.185 e. The standard InChI is InChI=1S/C25H30N4O2/c1-18(2)5-12-24(30)21-7-9-22(10-8-21)31-15-25(26,14-29-17-27-16-28-29)23-11-6-19(3)13-20(23)4/h5-13,16-18H,14-15,26H2,1-4H3/b12-5+. The van der Waals surface area contributed by atoms with Crippen molar-refractivity contribution in [3.05, 3.63) is 89.5 Å². The molecule has 0 amide bonds. The quantitative estimate of drug-likeness (QED) is 0.415. The van der Waals surface area contributed by atoms with Gasteiger partial charge in [0.05, 0.1) is 12.1 Å². The topological polar surface area (TPSA) is 83.0 Å². The average molecular weight is 419 g/mol. The minimum Gasteiger partial charge on any atom is -0.491 e. The highest BCUT2D eigenvalue weighted by molar-refractivity contribution is 6.04. The highest BCUT2D eigenvalue weighted by Crippen LogP contribution is 2.26. The van der Waals surface area contributed by atoms with Crippen LogP contribution in [0.25, 0.3) is 0 Å². The number of hydrogen-bond donors (Lipinski definition) is 1. The molecule has 3 rings (SSSR count). The fourth-order valence-corrected chi connectivity index (χ4v) is 3.49. The SMILES string of the molecule is Cc1ccc(C(N)(COc2ccc(C(=O)/C=C/C(C)C)cc2)Cn2cncn2)c(C)c1. The smallest absolute Gasteiger partial charge is 0.185 e. The molecule has 6 nitrogen and oxygen atoms in total. The van der Waals surface area contributed by atoms with E-state index in [1.54, 1.807) is 41.4 Å². The van der Waals surface area contributed by atoms with E-state index >= 15 is 0 Å². The summed E-state index contributed by atoms with van der Waals surface area (Å²) >= 11 is 0. The van der Waals surface area contributed by atoms with E-state index in [2.05, 4.69) is 36.1 Å². The van der Waals surface area contributed by atoms with Crippen LogP contribution in [0.15, 0.2) is 67.3 Å². The van der Waals surface area contributed by atoms with Crippen LogP contribution >= 0.6 is 0 Å². The third-order valence-electron chi connectivity index (χ3n) is 5.10. The van der Waals surface area contributed by atoms with Gasteiger partial charge in [-0.1, -0.05) is 43.7 Å². The first-order chi connectivity index (χ1) is 14.8. The van der Waals surface area contributed by atoms with Gasteiger partial charge in [-0.05, 0) is 61.2 Å². The minimum atomic E-state index is -0.806. The van der Waals surface area contributed by atoms with Gasteiger partial charge in [0.25, 0.3) is 0 Å². The van der Waals surface area contributed by atoms with Crippen molar-refractivity contribution in [2.45, 2.75) is 39.8 Å². The monoisotopic (exact) mass is 418 g/mol. The Balaban J connectivity index is 1.78. The van der Waals surface area contributed by atoms with Crippen molar-refractivity contribution in [1.82, 2.24) is 14.8 Å². The second-order valence-corrected chi connectivity index (χ2v) is 8.35. The summed E-state index contributed by atoms with van der Waals surface area (Å²) in [5.74, 6) is 0.969. The maximum atomic E-state index is 12.2. The Morgan fingerprint density at radius 2 is 1.94 bits per heavy atom. The summed E-state index contributed by atoms with van der Waals surface area (Å²) < 4.78 is 7.79. The molecule has 1 unspecified atom stereocenters. The lowest BCUT2D eigenvalue weighted by atomic mass is 9.87. The first-order valence-electron chi connectivity index (χ1n) is 10.4. The molecule has 0 aliphatic carbocycles. The molecule has 0 radical (unpaired) electrons. The second-order valence-electron chi connectivity index (χ2n) is 8.35. The molecule has 0 bridgehead atoms. The van der Waals surface area contributed by atoms with Gasteiger partial charge in [-0.15, -0.1) is 0 Å². The Hall–Kier alpha value is -3.25. The Morgan fingerprint density at radius 3 is 2.55 bits per heavy atom. The number of ether oxygens (including phenoxy) is 1. The number of aryl methyl sites for hydroxylation is 2. The van der Waals surface area contributed by atoms with Crippen LogP contribution in [-0.4, -0.2) is 27.2 Å². The lowest BCUT2D eigenvalue weighted by molar-refractivity contribution is 0.104. The van der Waals surface area contributed by atoms with Gasteiger partial charge >= 0.3 is 0 Å². The molecule has 1 aromatic heterocycles. The predicted molar refractivity (Wildman–Crippen MR) is 122 cm³/mol. The number of hydrogen-bond acceptors (Lipinski definition) is 5. The van der Waals surface area contributed by atoms with E-state index < -0.39 is 5.54 Å². The number of carbonyl (C=O) groups is 1.